The Morgan fingerprint density at radius 1 is 1.15 bits per heavy atom. The van der Waals surface area contributed by atoms with E-state index in [1.807, 2.05) is 0 Å². The molecule has 0 saturated carbocycles. The predicted molar refractivity (Wildman–Crippen MR) is 76.6 cm³/mol. The molecule has 1 N–H and O–H groups in total. The van der Waals surface area contributed by atoms with Crippen LogP contribution in [0.25, 0.3) is 5.69 Å². The number of rotatable bonds is 3. The van der Waals surface area contributed by atoms with Crippen LogP contribution in [0.2, 0.25) is 0 Å². The molecule has 12 heteroatoms. The van der Waals surface area contributed by atoms with E-state index in [0.717, 1.165) is 0 Å². The van der Waals surface area contributed by atoms with Crippen molar-refractivity contribution in [3.63, 3.8) is 0 Å². The first-order valence-electron chi connectivity index (χ1n) is 7.14. The van der Waals surface area contributed by atoms with Gasteiger partial charge >= 0.3 is 6.18 Å². The lowest BCUT2D eigenvalue weighted by Gasteiger charge is -2.16. The summed E-state index contributed by atoms with van der Waals surface area (Å²) in [6, 6.07) is 1.52. The Labute approximate surface area is 147 Å². The Morgan fingerprint density at radius 3 is 2.07 bits per heavy atom. The first-order chi connectivity index (χ1) is 12.4. The molecule has 0 fully saturated rings. The Morgan fingerprint density at radius 2 is 1.67 bits per heavy atom. The van der Waals surface area contributed by atoms with Crippen LogP contribution in [0.1, 0.15) is 25.0 Å². The summed E-state index contributed by atoms with van der Waals surface area (Å²) in [6.45, 7) is 2.86. The quantitative estimate of drug-likeness (QED) is 0.634. The molecular weight excluding hydrogens is 385 g/mol. The number of halogens is 7. The number of carbonyl (C=O) groups excluding carboxylic acids is 1. The number of hydrogen-bond donors (Lipinski definition) is 1. The lowest BCUT2D eigenvalue weighted by atomic mass is 10.1. The van der Waals surface area contributed by atoms with E-state index < -0.39 is 63.9 Å². The van der Waals surface area contributed by atoms with Gasteiger partial charge in [0.25, 0.3) is 0 Å². The summed E-state index contributed by atoms with van der Waals surface area (Å²) in [5.74, 6) is -12.2. The van der Waals surface area contributed by atoms with E-state index in [9.17, 15) is 35.5 Å². The average Bonchev–Trinajstić information content (AvgIpc) is 2.94. The molecule has 0 radical (unpaired) electrons. The van der Waals surface area contributed by atoms with Crippen LogP contribution in [-0.2, 0) is 11.0 Å². The van der Waals surface area contributed by atoms with Crippen LogP contribution in [0.15, 0.2) is 6.20 Å². The maximum atomic E-state index is 14.2. The van der Waals surface area contributed by atoms with Crippen LogP contribution < -0.4 is 5.32 Å². The van der Waals surface area contributed by atoms with Gasteiger partial charge in [0.05, 0.1) is 6.20 Å². The van der Waals surface area contributed by atoms with E-state index in [4.69, 9.17) is 5.26 Å². The minimum atomic E-state index is -5.70. The van der Waals surface area contributed by atoms with Crippen LogP contribution in [-0.4, -0.2) is 15.7 Å². The number of hydrogen-bond acceptors (Lipinski definition) is 3. The number of alkyl halides is 3. The summed E-state index contributed by atoms with van der Waals surface area (Å²) in [4.78, 5) is 11.8. The molecule has 0 aliphatic rings. The van der Waals surface area contributed by atoms with Gasteiger partial charge in [-0.3, -0.25) is 4.79 Å². The molecule has 1 heterocycles. The summed E-state index contributed by atoms with van der Waals surface area (Å²) in [5, 5.41) is 14.4. The molecule has 144 valence electrons. The van der Waals surface area contributed by atoms with Gasteiger partial charge in [0, 0.05) is 5.92 Å². The summed E-state index contributed by atoms with van der Waals surface area (Å²) < 4.78 is 94.0. The van der Waals surface area contributed by atoms with Crippen molar-refractivity contribution in [1.29, 1.82) is 5.26 Å². The van der Waals surface area contributed by atoms with Crippen LogP contribution in [0.5, 0.6) is 0 Å². The minimum Gasteiger partial charge on any atom is -0.309 e. The highest BCUT2D eigenvalue weighted by Crippen LogP contribution is 2.38. The summed E-state index contributed by atoms with van der Waals surface area (Å²) in [5.41, 5.74) is -4.84. The van der Waals surface area contributed by atoms with Crippen molar-refractivity contribution in [3.05, 3.63) is 40.6 Å². The SMILES string of the molecule is CC(C)C(=O)Nc1c(C#N)cnn1-c1c(F)c(F)c(C(F)(F)F)c(F)c1F. The fourth-order valence-electron chi connectivity index (χ4n) is 2.04. The van der Waals surface area contributed by atoms with Gasteiger partial charge in [0.15, 0.2) is 29.1 Å². The molecule has 5 nitrogen and oxygen atoms in total. The summed E-state index contributed by atoms with van der Waals surface area (Å²) in [6.07, 6.45) is -4.99. The highest BCUT2D eigenvalue weighted by atomic mass is 19.4. The van der Waals surface area contributed by atoms with Crippen molar-refractivity contribution in [1.82, 2.24) is 9.78 Å². The predicted octanol–water partition coefficient (Wildman–Crippen LogP) is 3.91. The molecule has 0 unspecified atom stereocenters. The fourth-order valence-corrected chi connectivity index (χ4v) is 2.04. The van der Waals surface area contributed by atoms with Gasteiger partial charge in [-0.25, -0.2) is 22.2 Å². The standard InChI is InChI=1S/C15H9F7N4O/c1-5(2)14(27)25-13-6(3-23)4-24-26(13)12-10(18)8(16)7(15(20,21)22)9(17)11(12)19/h4-5H,1-2H3,(H,25,27). The van der Waals surface area contributed by atoms with Crippen LogP contribution in [0.4, 0.5) is 36.6 Å². The number of benzene rings is 1. The molecule has 1 aromatic carbocycles. The van der Waals surface area contributed by atoms with Gasteiger partial charge in [-0.05, 0) is 0 Å². The molecule has 0 aliphatic heterocycles. The second-order valence-corrected chi connectivity index (χ2v) is 5.55. The smallest absolute Gasteiger partial charge is 0.309 e. The molecule has 0 bridgehead atoms. The molecule has 2 rings (SSSR count). The molecule has 0 aliphatic carbocycles. The Bertz CT molecular complexity index is 928. The molecular formula is C15H9F7N4O. The minimum absolute atomic E-state index is 0.107. The second-order valence-electron chi connectivity index (χ2n) is 5.55. The highest BCUT2D eigenvalue weighted by molar-refractivity contribution is 5.92. The van der Waals surface area contributed by atoms with Crippen LogP contribution in [0.3, 0.4) is 0 Å². The molecule has 0 atom stereocenters. The zero-order valence-corrected chi connectivity index (χ0v) is 13.6. The number of nitriles is 1. The van der Waals surface area contributed by atoms with Gasteiger partial charge in [0.2, 0.25) is 5.91 Å². The zero-order valence-electron chi connectivity index (χ0n) is 13.6. The lowest BCUT2D eigenvalue weighted by molar-refractivity contribution is -0.143. The van der Waals surface area contributed by atoms with Crippen molar-refractivity contribution in [3.8, 4) is 11.8 Å². The third-order valence-corrected chi connectivity index (χ3v) is 3.39. The van der Waals surface area contributed by atoms with Crippen molar-refractivity contribution >= 4 is 11.7 Å². The first-order valence-corrected chi connectivity index (χ1v) is 7.14. The molecule has 1 amide bonds. The van der Waals surface area contributed by atoms with Crippen molar-refractivity contribution < 1.29 is 35.5 Å². The number of nitrogens with one attached hydrogen (secondary N) is 1. The number of nitrogens with zero attached hydrogens (tertiary/aromatic N) is 3. The Hall–Kier alpha value is -3.10. The Kier molecular flexibility index (Phi) is 5.17. The van der Waals surface area contributed by atoms with Gasteiger partial charge in [0.1, 0.15) is 22.9 Å². The van der Waals surface area contributed by atoms with E-state index >= 15 is 0 Å². The Balaban J connectivity index is 2.80. The number of carbonyl (C=O) groups is 1. The third-order valence-electron chi connectivity index (χ3n) is 3.39. The maximum Gasteiger partial charge on any atom is 0.422 e. The van der Waals surface area contributed by atoms with Crippen molar-refractivity contribution in [2.45, 2.75) is 20.0 Å². The van der Waals surface area contributed by atoms with Crippen molar-refractivity contribution in [2.75, 3.05) is 5.32 Å². The van der Waals surface area contributed by atoms with Gasteiger partial charge in [-0.15, -0.1) is 0 Å². The zero-order chi connectivity index (χ0) is 20.7. The highest BCUT2D eigenvalue weighted by Gasteiger charge is 2.43. The number of aromatic nitrogens is 2. The van der Waals surface area contributed by atoms with Gasteiger partial charge < -0.3 is 5.32 Å². The average molecular weight is 394 g/mol. The molecule has 1 aromatic heterocycles. The van der Waals surface area contributed by atoms with E-state index in [-0.39, 0.29) is 4.68 Å². The van der Waals surface area contributed by atoms with E-state index in [0.29, 0.717) is 6.20 Å². The number of anilines is 1. The normalized spacial score (nSPS) is 11.6. The second kappa shape index (κ2) is 6.90. The van der Waals surface area contributed by atoms with E-state index in [2.05, 4.69) is 10.4 Å². The maximum absolute atomic E-state index is 14.2. The monoisotopic (exact) mass is 394 g/mol. The van der Waals surface area contributed by atoms with E-state index in [1.54, 1.807) is 0 Å². The van der Waals surface area contributed by atoms with Crippen molar-refractivity contribution in [2.24, 2.45) is 5.92 Å². The largest absolute Gasteiger partial charge is 0.422 e. The van der Waals surface area contributed by atoms with Gasteiger partial charge in [-0.1, -0.05) is 13.8 Å². The van der Waals surface area contributed by atoms with Crippen LogP contribution >= 0.6 is 0 Å². The summed E-state index contributed by atoms with van der Waals surface area (Å²) >= 11 is 0. The van der Waals surface area contributed by atoms with E-state index in [1.165, 1.54) is 19.9 Å². The molecule has 0 saturated heterocycles. The van der Waals surface area contributed by atoms with Gasteiger partial charge in [-0.2, -0.15) is 23.5 Å². The third kappa shape index (κ3) is 3.44. The molecule has 0 spiro atoms. The topological polar surface area (TPSA) is 70.7 Å². The number of amides is 1. The lowest BCUT2D eigenvalue weighted by Crippen LogP contribution is -2.22. The first kappa shape index (κ1) is 20.2. The van der Waals surface area contributed by atoms with Crippen LogP contribution in [0, 0.1) is 40.5 Å². The fraction of sp³-hybridized carbons (Fsp3) is 0.267. The summed E-state index contributed by atoms with van der Waals surface area (Å²) in [7, 11) is 0. The molecule has 2 aromatic rings. The molecule has 27 heavy (non-hydrogen) atoms.